The first-order valence-electron chi connectivity index (χ1n) is 6.60. The fourth-order valence-electron chi connectivity index (χ4n) is 2.34. The Morgan fingerprint density at radius 1 is 1.35 bits per heavy atom. The van der Waals surface area contributed by atoms with Crippen LogP contribution in [0.4, 0.5) is 0 Å². The van der Waals surface area contributed by atoms with E-state index in [-0.39, 0.29) is 5.91 Å². The Morgan fingerprint density at radius 3 is 2.75 bits per heavy atom. The molecule has 3 heterocycles. The van der Waals surface area contributed by atoms with Gasteiger partial charge in [0.25, 0.3) is 5.91 Å². The highest BCUT2D eigenvalue weighted by atomic mass is 16.3. The van der Waals surface area contributed by atoms with Crippen molar-refractivity contribution in [3.63, 3.8) is 0 Å². The van der Waals surface area contributed by atoms with Crippen molar-refractivity contribution in [1.82, 2.24) is 24.3 Å². The molecule has 0 radical (unpaired) electrons. The predicted molar refractivity (Wildman–Crippen MR) is 70.9 cm³/mol. The number of carbonyl (C=O) groups excluding carboxylic acids is 1. The molecule has 2 aromatic rings. The summed E-state index contributed by atoms with van der Waals surface area (Å²) in [5.74, 6) is 1.27. The molecule has 1 amide bonds. The zero-order valence-corrected chi connectivity index (χ0v) is 11.4. The van der Waals surface area contributed by atoms with Crippen molar-refractivity contribution in [1.29, 1.82) is 0 Å². The lowest BCUT2D eigenvalue weighted by Crippen LogP contribution is -2.48. The maximum Gasteiger partial charge on any atom is 0.291 e. The van der Waals surface area contributed by atoms with E-state index in [1.807, 2.05) is 17.8 Å². The van der Waals surface area contributed by atoms with Crippen molar-refractivity contribution in [3.05, 3.63) is 36.6 Å². The SMILES string of the molecule is Cn1ccnc1CN1CCN(C(=O)c2cnco2)CC1. The van der Waals surface area contributed by atoms with Gasteiger partial charge in [-0.15, -0.1) is 0 Å². The number of hydrogen-bond donors (Lipinski definition) is 0. The van der Waals surface area contributed by atoms with E-state index >= 15 is 0 Å². The molecule has 0 bridgehead atoms. The van der Waals surface area contributed by atoms with Gasteiger partial charge in [-0.25, -0.2) is 9.97 Å². The number of oxazole rings is 1. The molecule has 0 N–H and O–H groups in total. The van der Waals surface area contributed by atoms with E-state index in [1.165, 1.54) is 12.6 Å². The summed E-state index contributed by atoms with van der Waals surface area (Å²) in [5.41, 5.74) is 0. The summed E-state index contributed by atoms with van der Waals surface area (Å²) < 4.78 is 7.07. The van der Waals surface area contributed by atoms with Crippen LogP contribution >= 0.6 is 0 Å². The molecule has 3 rings (SSSR count). The summed E-state index contributed by atoms with van der Waals surface area (Å²) in [7, 11) is 1.99. The molecule has 0 spiro atoms. The lowest BCUT2D eigenvalue weighted by molar-refractivity contribution is 0.0594. The van der Waals surface area contributed by atoms with E-state index in [9.17, 15) is 4.79 Å². The summed E-state index contributed by atoms with van der Waals surface area (Å²) in [6, 6.07) is 0. The summed E-state index contributed by atoms with van der Waals surface area (Å²) in [4.78, 5) is 24.3. The number of piperazine rings is 1. The van der Waals surface area contributed by atoms with Crippen LogP contribution in [0.5, 0.6) is 0 Å². The van der Waals surface area contributed by atoms with Crippen LogP contribution in [-0.2, 0) is 13.6 Å². The van der Waals surface area contributed by atoms with Gasteiger partial charge in [0.05, 0.1) is 12.7 Å². The van der Waals surface area contributed by atoms with Gasteiger partial charge < -0.3 is 13.9 Å². The molecule has 0 aromatic carbocycles. The van der Waals surface area contributed by atoms with Crippen LogP contribution in [0.15, 0.2) is 29.4 Å². The third-order valence-corrected chi connectivity index (χ3v) is 3.59. The standard InChI is InChI=1S/C13H17N5O2/c1-16-3-2-15-12(16)9-17-4-6-18(7-5-17)13(19)11-8-14-10-20-11/h2-3,8,10H,4-7,9H2,1H3. The first kappa shape index (κ1) is 12.9. The molecule has 1 fully saturated rings. The van der Waals surface area contributed by atoms with Crippen molar-refractivity contribution in [3.8, 4) is 0 Å². The van der Waals surface area contributed by atoms with E-state index in [1.54, 1.807) is 11.1 Å². The van der Waals surface area contributed by atoms with Gasteiger partial charge in [-0.1, -0.05) is 0 Å². The largest absolute Gasteiger partial charge is 0.438 e. The highest BCUT2D eigenvalue weighted by Gasteiger charge is 2.24. The molecule has 106 valence electrons. The third kappa shape index (κ3) is 2.57. The Balaban J connectivity index is 1.55. The van der Waals surface area contributed by atoms with E-state index in [0.29, 0.717) is 18.8 Å². The van der Waals surface area contributed by atoms with E-state index in [4.69, 9.17) is 4.42 Å². The molecule has 7 nitrogen and oxygen atoms in total. The Labute approximate surface area is 116 Å². The van der Waals surface area contributed by atoms with Crippen LogP contribution in [0.25, 0.3) is 0 Å². The van der Waals surface area contributed by atoms with Crippen molar-refractivity contribution < 1.29 is 9.21 Å². The van der Waals surface area contributed by atoms with Gasteiger partial charge >= 0.3 is 0 Å². The number of rotatable bonds is 3. The van der Waals surface area contributed by atoms with Crippen molar-refractivity contribution in [2.45, 2.75) is 6.54 Å². The average Bonchev–Trinajstić information content (AvgIpc) is 3.12. The van der Waals surface area contributed by atoms with Gasteiger partial charge in [-0.3, -0.25) is 9.69 Å². The van der Waals surface area contributed by atoms with Crippen LogP contribution in [0.3, 0.4) is 0 Å². The summed E-state index contributed by atoms with van der Waals surface area (Å²) >= 11 is 0. The van der Waals surface area contributed by atoms with E-state index < -0.39 is 0 Å². The molecule has 0 aliphatic carbocycles. The second-order valence-electron chi connectivity index (χ2n) is 4.89. The minimum atomic E-state index is -0.0841. The number of aryl methyl sites for hydroxylation is 1. The van der Waals surface area contributed by atoms with Gasteiger partial charge in [0, 0.05) is 45.6 Å². The Bertz CT molecular complexity index is 569. The molecule has 1 aliphatic rings. The minimum absolute atomic E-state index is 0.0841. The number of aromatic nitrogens is 3. The van der Waals surface area contributed by atoms with Crippen LogP contribution in [0, 0.1) is 0 Å². The van der Waals surface area contributed by atoms with Crippen molar-refractivity contribution in [2.24, 2.45) is 7.05 Å². The molecule has 0 unspecified atom stereocenters. The molecule has 7 heteroatoms. The van der Waals surface area contributed by atoms with E-state index in [2.05, 4.69) is 14.9 Å². The molecular formula is C13H17N5O2. The molecular weight excluding hydrogens is 258 g/mol. The first-order valence-corrected chi connectivity index (χ1v) is 6.60. The zero-order valence-electron chi connectivity index (χ0n) is 11.4. The first-order chi connectivity index (χ1) is 9.74. The van der Waals surface area contributed by atoms with Crippen LogP contribution < -0.4 is 0 Å². The van der Waals surface area contributed by atoms with Crippen molar-refractivity contribution >= 4 is 5.91 Å². The van der Waals surface area contributed by atoms with Gasteiger partial charge in [0.1, 0.15) is 5.82 Å². The Hall–Kier alpha value is -2.15. The number of imidazole rings is 1. The zero-order chi connectivity index (χ0) is 13.9. The molecule has 1 saturated heterocycles. The fraction of sp³-hybridized carbons (Fsp3) is 0.462. The van der Waals surface area contributed by atoms with Crippen molar-refractivity contribution in [2.75, 3.05) is 26.2 Å². The highest BCUT2D eigenvalue weighted by Crippen LogP contribution is 2.10. The lowest BCUT2D eigenvalue weighted by atomic mass is 10.3. The molecule has 0 saturated carbocycles. The third-order valence-electron chi connectivity index (χ3n) is 3.59. The van der Waals surface area contributed by atoms with Crippen LogP contribution in [0.1, 0.15) is 16.4 Å². The predicted octanol–water partition coefficient (Wildman–Crippen LogP) is 0.366. The number of nitrogens with zero attached hydrogens (tertiary/aromatic N) is 5. The van der Waals surface area contributed by atoms with Gasteiger partial charge in [0.15, 0.2) is 6.39 Å². The fourth-order valence-corrected chi connectivity index (χ4v) is 2.34. The molecule has 20 heavy (non-hydrogen) atoms. The molecule has 1 aliphatic heterocycles. The lowest BCUT2D eigenvalue weighted by Gasteiger charge is -2.33. The minimum Gasteiger partial charge on any atom is -0.438 e. The van der Waals surface area contributed by atoms with Gasteiger partial charge in [-0.05, 0) is 0 Å². The summed E-state index contributed by atoms with van der Waals surface area (Å²) in [6.45, 7) is 3.89. The smallest absolute Gasteiger partial charge is 0.291 e. The van der Waals surface area contributed by atoms with E-state index in [0.717, 1.165) is 25.5 Å². The number of hydrogen-bond acceptors (Lipinski definition) is 5. The van der Waals surface area contributed by atoms with Crippen LogP contribution in [0.2, 0.25) is 0 Å². The van der Waals surface area contributed by atoms with Crippen LogP contribution in [-0.4, -0.2) is 56.4 Å². The summed E-state index contributed by atoms with van der Waals surface area (Å²) in [6.07, 6.45) is 6.49. The second-order valence-corrected chi connectivity index (χ2v) is 4.89. The number of carbonyl (C=O) groups is 1. The monoisotopic (exact) mass is 275 g/mol. The van der Waals surface area contributed by atoms with Gasteiger partial charge in [-0.2, -0.15) is 0 Å². The topological polar surface area (TPSA) is 67.4 Å². The maximum atomic E-state index is 12.1. The quantitative estimate of drug-likeness (QED) is 0.809. The normalized spacial score (nSPS) is 16.6. The summed E-state index contributed by atoms with van der Waals surface area (Å²) in [5, 5.41) is 0. The molecule has 0 atom stereocenters. The molecule has 2 aromatic heterocycles. The second kappa shape index (κ2) is 5.46. The number of amides is 1. The highest BCUT2D eigenvalue weighted by molar-refractivity contribution is 5.91. The Kier molecular flexibility index (Phi) is 3.51. The Morgan fingerprint density at radius 2 is 2.15 bits per heavy atom. The average molecular weight is 275 g/mol. The van der Waals surface area contributed by atoms with Gasteiger partial charge in [0.2, 0.25) is 5.76 Å². The maximum absolute atomic E-state index is 12.1.